The van der Waals surface area contributed by atoms with Gasteiger partial charge in [0.25, 0.3) is 0 Å². The number of rotatable bonds is 1. The van der Waals surface area contributed by atoms with E-state index < -0.39 is 0 Å². The number of nitrogens with zero attached hydrogens (tertiary/aromatic N) is 1. The van der Waals surface area contributed by atoms with Crippen molar-refractivity contribution in [3.63, 3.8) is 0 Å². The maximum absolute atomic E-state index is 2.35. The molecule has 1 aliphatic rings. The normalized spacial score (nSPS) is 32.3. The van der Waals surface area contributed by atoms with Gasteiger partial charge in [-0.25, -0.2) is 4.58 Å². The van der Waals surface area contributed by atoms with Crippen LogP contribution in [0.1, 0.15) is 26.2 Å². The van der Waals surface area contributed by atoms with Crippen LogP contribution in [0.2, 0.25) is 0 Å². The molecule has 2 atom stereocenters. The topological polar surface area (TPSA) is 3.01 Å². The predicted molar refractivity (Wildman–Crippen MR) is 44.7 cm³/mol. The Morgan fingerprint density at radius 3 is 2.40 bits per heavy atom. The third kappa shape index (κ3) is 2.13. The van der Waals surface area contributed by atoms with Crippen LogP contribution < -0.4 is 0 Å². The smallest absolute Gasteiger partial charge is 0.142 e. The van der Waals surface area contributed by atoms with Crippen molar-refractivity contribution < 1.29 is 4.58 Å². The lowest BCUT2D eigenvalue weighted by Crippen LogP contribution is -2.06. The minimum atomic E-state index is 0.866. The van der Waals surface area contributed by atoms with Crippen molar-refractivity contribution in [3.8, 4) is 0 Å². The van der Waals surface area contributed by atoms with Crippen molar-refractivity contribution in [1.82, 2.24) is 0 Å². The molecule has 1 saturated carbocycles. The van der Waals surface area contributed by atoms with Gasteiger partial charge in [0.1, 0.15) is 20.3 Å². The van der Waals surface area contributed by atoms with E-state index in [1.54, 1.807) is 0 Å². The molecule has 0 spiro atoms. The fourth-order valence-corrected chi connectivity index (χ4v) is 1.81. The fourth-order valence-electron chi connectivity index (χ4n) is 1.81. The molecule has 0 aromatic heterocycles. The van der Waals surface area contributed by atoms with E-state index in [-0.39, 0.29) is 0 Å². The van der Waals surface area contributed by atoms with Gasteiger partial charge in [-0.1, -0.05) is 6.92 Å². The quantitative estimate of drug-likeness (QED) is 0.386. The third-order valence-electron chi connectivity index (χ3n) is 2.24. The molecule has 0 aliphatic heterocycles. The summed E-state index contributed by atoms with van der Waals surface area (Å²) in [6.45, 7) is 2.35. The molecule has 1 aliphatic carbocycles. The van der Waals surface area contributed by atoms with Gasteiger partial charge in [-0.05, 0) is 25.2 Å². The number of hydrogen-bond donors (Lipinski definition) is 0. The van der Waals surface area contributed by atoms with Gasteiger partial charge in [-0.3, -0.25) is 0 Å². The SMILES string of the molecule is C[C@H]1CCC(C=[N+](C)C)C1. The Kier molecular flexibility index (Phi) is 2.47. The average Bonchev–Trinajstić information content (AvgIpc) is 2.13. The number of hydrogen-bond acceptors (Lipinski definition) is 0. The molecular weight excluding hydrogens is 122 g/mol. The maximum atomic E-state index is 2.35. The monoisotopic (exact) mass is 140 g/mol. The highest BCUT2D eigenvalue weighted by Gasteiger charge is 2.21. The molecule has 1 nitrogen and oxygen atoms in total. The summed E-state index contributed by atoms with van der Waals surface area (Å²) in [5.41, 5.74) is 0. The van der Waals surface area contributed by atoms with E-state index >= 15 is 0 Å². The van der Waals surface area contributed by atoms with Gasteiger partial charge in [-0.2, -0.15) is 0 Å². The summed E-state index contributed by atoms with van der Waals surface area (Å²) >= 11 is 0. The van der Waals surface area contributed by atoms with Crippen LogP contribution in [-0.2, 0) is 0 Å². The maximum Gasteiger partial charge on any atom is 0.142 e. The van der Waals surface area contributed by atoms with E-state index in [1.165, 1.54) is 19.3 Å². The van der Waals surface area contributed by atoms with Crippen LogP contribution in [-0.4, -0.2) is 24.9 Å². The van der Waals surface area contributed by atoms with E-state index in [4.69, 9.17) is 0 Å². The van der Waals surface area contributed by atoms with E-state index in [0.717, 1.165) is 11.8 Å². The van der Waals surface area contributed by atoms with Gasteiger partial charge in [0.15, 0.2) is 0 Å². The van der Waals surface area contributed by atoms with Crippen LogP contribution in [0, 0.1) is 11.8 Å². The summed E-state index contributed by atoms with van der Waals surface area (Å²) < 4.78 is 2.18. The lowest BCUT2D eigenvalue weighted by Gasteiger charge is -1.98. The molecule has 58 valence electrons. The van der Waals surface area contributed by atoms with Gasteiger partial charge in [-0.15, -0.1) is 0 Å². The third-order valence-corrected chi connectivity index (χ3v) is 2.24. The molecule has 0 amide bonds. The van der Waals surface area contributed by atoms with Crippen LogP contribution in [0.25, 0.3) is 0 Å². The molecule has 0 saturated heterocycles. The van der Waals surface area contributed by atoms with Crippen LogP contribution in [0.3, 0.4) is 0 Å². The van der Waals surface area contributed by atoms with Crippen molar-refractivity contribution in [3.05, 3.63) is 0 Å². The standard InChI is InChI=1S/C9H18N/c1-8-4-5-9(6-8)7-10(2)3/h7-9H,4-6H2,1-3H3/q+1/t8-,9?/m0/s1. The molecule has 0 heterocycles. The Bertz CT molecular complexity index is 134. The van der Waals surface area contributed by atoms with Gasteiger partial charge in [0, 0.05) is 5.92 Å². The molecule has 0 aromatic carbocycles. The predicted octanol–water partition coefficient (Wildman–Crippen LogP) is 1.77. The first-order valence-corrected chi connectivity index (χ1v) is 4.20. The van der Waals surface area contributed by atoms with Crippen molar-refractivity contribution in [1.29, 1.82) is 0 Å². The van der Waals surface area contributed by atoms with Crippen molar-refractivity contribution in [2.75, 3.05) is 14.1 Å². The lowest BCUT2D eigenvalue weighted by molar-refractivity contribution is -0.461. The second-order valence-corrected chi connectivity index (χ2v) is 3.79. The highest BCUT2D eigenvalue weighted by Crippen LogP contribution is 2.28. The Labute approximate surface area is 63.8 Å². The van der Waals surface area contributed by atoms with Crippen LogP contribution in [0.15, 0.2) is 0 Å². The van der Waals surface area contributed by atoms with E-state index in [9.17, 15) is 0 Å². The molecule has 10 heavy (non-hydrogen) atoms. The highest BCUT2D eigenvalue weighted by molar-refractivity contribution is 5.55. The first-order valence-electron chi connectivity index (χ1n) is 4.20. The van der Waals surface area contributed by atoms with Gasteiger partial charge in [0.2, 0.25) is 0 Å². The summed E-state index contributed by atoms with van der Waals surface area (Å²) in [5, 5.41) is 0. The van der Waals surface area contributed by atoms with Crippen molar-refractivity contribution >= 4 is 6.21 Å². The highest BCUT2D eigenvalue weighted by atomic mass is 14.9. The molecule has 0 bridgehead atoms. The zero-order valence-corrected chi connectivity index (χ0v) is 7.30. The van der Waals surface area contributed by atoms with Gasteiger partial charge in [0.05, 0.1) is 0 Å². The largest absolute Gasteiger partial charge is 0.245 e. The molecule has 1 fully saturated rings. The van der Waals surface area contributed by atoms with E-state index in [1.807, 2.05) is 0 Å². The van der Waals surface area contributed by atoms with Crippen molar-refractivity contribution in [2.24, 2.45) is 11.8 Å². The first-order chi connectivity index (χ1) is 4.68. The zero-order chi connectivity index (χ0) is 7.56. The molecule has 1 unspecified atom stereocenters. The molecule has 1 rings (SSSR count). The lowest BCUT2D eigenvalue weighted by atomic mass is 10.1. The molecule has 0 N–H and O–H groups in total. The second-order valence-electron chi connectivity index (χ2n) is 3.79. The van der Waals surface area contributed by atoms with Crippen LogP contribution in [0.5, 0.6) is 0 Å². The Balaban J connectivity index is 2.38. The molecule has 0 radical (unpaired) electrons. The summed E-state index contributed by atoms with van der Waals surface area (Å²) in [7, 11) is 4.23. The van der Waals surface area contributed by atoms with E-state index in [2.05, 4.69) is 31.8 Å². The van der Waals surface area contributed by atoms with E-state index in [0.29, 0.717) is 0 Å². The van der Waals surface area contributed by atoms with Crippen LogP contribution >= 0.6 is 0 Å². The summed E-state index contributed by atoms with van der Waals surface area (Å²) in [6.07, 6.45) is 6.58. The van der Waals surface area contributed by atoms with Crippen LogP contribution in [0.4, 0.5) is 0 Å². The molecular formula is C9H18N+. The van der Waals surface area contributed by atoms with Crippen molar-refractivity contribution in [2.45, 2.75) is 26.2 Å². The van der Waals surface area contributed by atoms with Gasteiger partial charge < -0.3 is 0 Å². The van der Waals surface area contributed by atoms with Gasteiger partial charge >= 0.3 is 0 Å². The average molecular weight is 140 g/mol. The minimum Gasteiger partial charge on any atom is -0.245 e. The zero-order valence-electron chi connectivity index (χ0n) is 7.30. The minimum absolute atomic E-state index is 0.866. The summed E-state index contributed by atoms with van der Waals surface area (Å²) in [4.78, 5) is 0. The Morgan fingerprint density at radius 1 is 1.30 bits per heavy atom. The fraction of sp³-hybridized carbons (Fsp3) is 0.889. The molecule has 0 aromatic rings. The Hall–Kier alpha value is -0.330. The first kappa shape index (κ1) is 7.77. The molecule has 1 heteroatoms. The summed E-state index contributed by atoms with van der Waals surface area (Å²) in [5.74, 6) is 1.83. The Morgan fingerprint density at radius 2 is 2.00 bits per heavy atom. The summed E-state index contributed by atoms with van der Waals surface area (Å²) in [6, 6.07) is 0. The second kappa shape index (κ2) is 3.18.